The maximum absolute atomic E-state index is 11.3. The van der Waals surface area contributed by atoms with Gasteiger partial charge in [0.05, 0.1) is 0 Å². The normalized spacial score (nSPS) is 11.1. The highest BCUT2D eigenvalue weighted by Crippen LogP contribution is 2.13. The fourth-order valence-electron chi connectivity index (χ4n) is 1.11. The van der Waals surface area contributed by atoms with E-state index in [0.29, 0.717) is 17.5 Å². The summed E-state index contributed by atoms with van der Waals surface area (Å²) in [6.45, 7) is 2.58. The number of nitrogens with one attached hydrogen (secondary N) is 1. The fourth-order valence-corrected chi connectivity index (χ4v) is 1.89. The van der Waals surface area contributed by atoms with Crippen molar-refractivity contribution in [2.75, 3.05) is 5.75 Å². The SMILES string of the molecule is CCCn1c(SC/C=C/C(=O)O)n[nH]c1=O. The Hall–Kier alpha value is -1.50. The monoisotopic (exact) mass is 243 g/mol. The van der Waals surface area contributed by atoms with Gasteiger partial charge in [-0.05, 0) is 6.42 Å². The number of hydrogen-bond acceptors (Lipinski definition) is 4. The summed E-state index contributed by atoms with van der Waals surface area (Å²) >= 11 is 1.32. The number of hydrogen-bond donors (Lipinski definition) is 2. The molecule has 0 saturated heterocycles. The van der Waals surface area contributed by atoms with Gasteiger partial charge in [-0.1, -0.05) is 24.8 Å². The number of carboxylic acid groups (broad SMARTS) is 1. The Morgan fingerprint density at radius 3 is 3.06 bits per heavy atom. The molecule has 1 rings (SSSR count). The number of aliphatic carboxylic acids is 1. The molecule has 7 heteroatoms. The standard InChI is InChI=1S/C9H13N3O3S/c1-2-5-12-8(15)10-11-9(12)16-6-3-4-7(13)14/h3-4H,2,5-6H2,1H3,(H,10,15)(H,13,14)/b4-3+. The molecule has 0 aliphatic rings. The van der Waals surface area contributed by atoms with E-state index in [1.807, 2.05) is 6.92 Å². The highest BCUT2D eigenvalue weighted by Gasteiger charge is 2.06. The predicted octanol–water partition coefficient (Wildman–Crippen LogP) is 0.714. The molecule has 0 fully saturated rings. The van der Waals surface area contributed by atoms with E-state index in [4.69, 9.17) is 5.11 Å². The Labute approximate surface area is 96.4 Å². The zero-order valence-electron chi connectivity index (χ0n) is 8.84. The minimum absolute atomic E-state index is 0.230. The van der Waals surface area contributed by atoms with E-state index in [-0.39, 0.29) is 5.69 Å². The zero-order valence-corrected chi connectivity index (χ0v) is 9.66. The van der Waals surface area contributed by atoms with Crippen molar-refractivity contribution in [3.8, 4) is 0 Å². The largest absolute Gasteiger partial charge is 0.478 e. The third-order valence-corrected chi connectivity index (χ3v) is 2.67. The van der Waals surface area contributed by atoms with Gasteiger partial charge in [-0.25, -0.2) is 14.7 Å². The van der Waals surface area contributed by atoms with Crippen LogP contribution < -0.4 is 5.69 Å². The maximum Gasteiger partial charge on any atom is 0.343 e. The van der Waals surface area contributed by atoms with Crippen LogP contribution in [0, 0.1) is 0 Å². The number of rotatable bonds is 6. The van der Waals surface area contributed by atoms with Crippen molar-refractivity contribution in [1.82, 2.24) is 14.8 Å². The van der Waals surface area contributed by atoms with E-state index in [2.05, 4.69) is 10.2 Å². The summed E-state index contributed by atoms with van der Waals surface area (Å²) in [5.74, 6) is -0.506. The molecular weight excluding hydrogens is 230 g/mol. The summed E-state index contributed by atoms with van der Waals surface area (Å²) in [5, 5.41) is 15.2. The molecule has 0 amide bonds. The van der Waals surface area contributed by atoms with E-state index < -0.39 is 5.97 Å². The molecular formula is C9H13N3O3S. The smallest absolute Gasteiger partial charge is 0.343 e. The summed E-state index contributed by atoms with van der Waals surface area (Å²) in [7, 11) is 0. The Balaban J connectivity index is 2.60. The highest BCUT2D eigenvalue weighted by atomic mass is 32.2. The number of carbonyl (C=O) groups is 1. The zero-order chi connectivity index (χ0) is 12.0. The quantitative estimate of drug-likeness (QED) is 0.567. The lowest BCUT2D eigenvalue weighted by molar-refractivity contribution is -0.131. The average molecular weight is 243 g/mol. The fraction of sp³-hybridized carbons (Fsp3) is 0.444. The van der Waals surface area contributed by atoms with Crippen molar-refractivity contribution in [1.29, 1.82) is 0 Å². The van der Waals surface area contributed by atoms with Crippen molar-refractivity contribution < 1.29 is 9.90 Å². The van der Waals surface area contributed by atoms with E-state index in [1.54, 1.807) is 4.57 Å². The van der Waals surface area contributed by atoms with Crippen LogP contribution in [0.5, 0.6) is 0 Å². The van der Waals surface area contributed by atoms with Crippen LogP contribution in [0.25, 0.3) is 0 Å². The summed E-state index contributed by atoms with van der Waals surface area (Å²) in [5.41, 5.74) is -0.230. The van der Waals surface area contributed by atoms with Gasteiger partial charge in [0.2, 0.25) is 0 Å². The van der Waals surface area contributed by atoms with Crippen LogP contribution in [0.15, 0.2) is 22.1 Å². The van der Waals surface area contributed by atoms with Gasteiger partial charge in [0.1, 0.15) is 0 Å². The molecule has 1 aromatic rings. The van der Waals surface area contributed by atoms with Gasteiger partial charge < -0.3 is 5.11 Å². The summed E-state index contributed by atoms with van der Waals surface area (Å²) in [6, 6.07) is 0. The Morgan fingerprint density at radius 2 is 2.44 bits per heavy atom. The molecule has 6 nitrogen and oxygen atoms in total. The molecule has 1 heterocycles. The van der Waals surface area contributed by atoms with Crippen molar-refractivity contribution in [3.63, 3.8) is 0 Å². The number of H-pyrrole nitrogens is 1. The molecule has 0 spiro atoms. The minimum Gasteiger partial charge on any atom is -0.478 e. The molecule has 0 atom stereocenters. The van der Waals surface area contributed by atoms with E-state index in [9.17, 15) is 9.59 Å². The number of aromatic amines is 1. The van der Waals surface area contributed by atoms with E-state index in [0.717, 1.165) is 12.5 Å². The molecule has 0 radical (unpaired) electrons. The lowest BCUT2D eigenvalue weighted by Gasteiger charge is -2.00. The second-order valence-corrected chi connectivity index (χ2v) is 4.00. The summed E-state index contributed by atoms with van der Waals surface area (Å²) in [6.07, 6.45) is 3.43. The molecule has 0 saturated carbocycles. The van der Waals surface area contributed by atoms with Crippen LogP contribution in [0.3, 0.4) is 0 Å². The van der Waals surface area contributed by atoms with Gasteiger partial charge >= 0.3 is 11.7 Å². The van der Waals surface area contributed by atoms with Gasteiger partial charge in [0.25, 0.3) is 0 Å². The third-order valence-electron chi connectivity index (χ3n) is 1.74. The number of thioether (sulfide) groups is 1. The van der Waals surface area contributed by atoms with E-state index in [1.165, 1.54) is 17.8 Å². The lowest BCUT2D eigenvalue weighted by atomic mass is 10.5. The first-order chi connectivity index (χ1) is 7.65. The van der Waals surface area contributed by atoms with Crippen molar-refractivity contribution in [2.24, 2.45) is 0 Å². The Bertz CT molecular complexity index is 435. The topological polar surface area (TPSA) is 88.0 Å². The number of nitrogens with zero attached hydrogens (tertiary/aromatic N) is 2. The molecule has 0 aromatic carbocycles. The minimum atomic E-state index is -0.978. The molecule has 16 heavy (non-hydrogen) atoms. The summed E-state index contributed by atoms with van der Waals surface area (Å²) in [4.78, 5) is 21.5. The molecule has 88 valence electrons. The Kier molecular flexibility index (Phi) is 4.84. The van der Waals surface area contributed by atoms with Gasteiger partial charge in [-0.15, -0.1) is 5.10 Å². The molecule has 0 aliphatic heterocycles. The molecule has 2 N–H and O–H groups in total. The van der Waals surface area contributed by atoms with Crippen LogP contribution in [-0.4, -0.2) is 31.6 Å². The van der Waals surface area contributed by atoms with Crippen LogP contribution in [-0.2, 0) is 11.3 Å². The first-order valence-electron chi connectivity index (χ1n) is 4.82. The van der Waals surface area contributed by atoms with Gasteiger partial charge in [-0.3, -0.25) is 4.57 Å². The lowest BCUT2D eigenvalue weighted by Crippen LogP contribution is -2.17. The second kappa shape index (κ2) is 6.16. The predicted molar refractivity (Wildman–Crippen MR) is 60.6 cm³/mol. The molecule has 0 unspecified atom stereocenters. The molecule has 0 aliphatic carbocycles. The van der Waals surface area contributed by atoms with Gasteiger partial charge in [0.15, 0.2) is 5.16 Å². The van der Waals surface area contributed by atoms with Crippen LogP contribution in [0.4, 0.5) is 0 Å². The van der Waals surface area contributed by atoms with Crippen LogP contribution in [0.2, 0.25) is 0 Å². The van der Waals surface area contributed by atoms with E-state index >= 15 is 0 Å². The van der Waals surface area contributed by atoms with Gasteiger partial charge in [0, 0.05) is 18.4 Å². The van der Waals surface area contributed by atoms with Crippen LogP contribution >= 0.6 is 11.8 Å². The number of carboxylic acids is 1. The molecule has 1 aromatic heterocycles. The van der Waals surface area contributed by atoms with Crippen molar-refractivity contribution in [3.05, 3.63) is 22.6 Å². The first-order valence-corrected chi connectivity index (χ1v) is 5.81. The highest BCUT2D eigenvalue weighted by molar-refractivity contribution is 7.99. The van der Waals surface area contributed by atoms with Crippen LogP contribution in [0.1, 0.15) is 13.3 Å². The maximum atomic E-state index is 11.3. The average Bonchev–Trinajstić information content (AvgIpc) is 2.56. The second-order valence-electron chi connectivity index (χ2n) is 3.01. The van der Waals surface area contributed by atoms with Crippen molar-refractivity contribution in [2.45, 2.75) is 25.0 Å². The summed E-state index contributed by atoms with van der Waals surface area (Å²) < 4.78 is 1.54. The number of aromatic nitrogens is 3. The Morgan fingerprint density at radius 1 is 1.69 bits per heavy atom. The van der Waals surface area contributed by atoms with Gasteiger partial charge in [-0.2, -0.15) is 0 Å². The van der Waals surface area contributed by atoms with Crippen molar-refractivity contribution >= 4 is 17.7 Å². The first kappa shape index (κ1) is 12.6. The molecule has 0 bridgehead atoms. The third kappa shape index (κ3) is 3.58.